The molecule has 2 rings (SSSR count). The first-order chi connectivity index (χ1) is 9.56. The van der Waals surface area contributed by atoms with Crippen molar-refractivity contribution in [2.75, 3.05) is 0 Å². The average molecular weight is 381 g/mol. The summed E-state index contributed by atoms with van der Waals surface area (Å²) in [5, 5.41) is 11.7. The van der Waals surface area contributed by atoms with E-state index in [1.54, 1.807) is 30.3 Å². The van der Waals surface area contributed by atoms with Gasteiger partial charge in [0.05, 0.1) is 5.56 Å². The SMILES string of the molecule is O=C(O)c1cccc(CNC(=O)c2cccc(I)c2)c1. The van der Waals surface area contributed by atoms with Gasteiger partial charge in [-0.15, -0.1) is 0 Å². The average Bonchev–Trinajstić information content (AvgIpc) is 2.45. The maximum absolute atomic E-state index is 12.0. The molecule has 0 fully saturated rings. The molecule has 0 heterocycles. The monoisotopic (exact) mass is 381 g/mol. The molecule has 0 aliphatic carbocycles. The molecule has 0 unspecified atom stereocenters. The van der Waals surface area contributed by atoms with Crippen LogP contribution in [0.2, 0.25) is 0 Å². The molecule has 20 heavy (non-hydrogen) atoms. The molecule has 2 aromatic carbocycles. The number of hydrogen-bond acceptors (Lipinski definition) is 2. The van der Waals surface area contributed by atoms with Crippen LogP contribution in [-0.4, -0.2) is 17.0 Å². The van der Waals surface area contributed by atoms with Gasteiger partial charge in [-0.1, -0.05) is 18.2 Å². The number of carboxylic acid groups (broad SMARTS) is 1. The predicted octanol–water partition coefficient (Wildman–Crippen LogP) is 2.92. The zero-order valence-electron chi connectivity index (χ0n) is 10.5. The molecule has 0 radical (unpaired) electrons. The Morgan fingerprint density at radius 1 is 1.05 bits per heavy atom. The van der Waals surface area contributed by atoms with Gasteiger partial charge in [0.2, 0.25) is 0 Å². The van der Waals surface area contributed by atoms with E-state index in [0.29, 0.717) is 12.1 Å². The summed E-state index contributed by atoms with van der Waals surface area (Å²) in [6.45, 7) is 0.297. The van der Waals surface area contributed by atoms with Crippen molar-refractivity contribution in [2.24, 2.45) is 0 Å². The number of rotatable bonds is 4. The molecule has 4 nitrogen and oxygen atoms in total. The number of carbonyl (C=O) groups is 2. The zero-order chi connectivity index (χ0) is 14.5. The molecule has 0 saturated heterocycles. The Bertz CT molecular complexity index is 655. The van der Waals surface area contributed by atoms with Crippen LogP contribution in [0.4, 0.5) is 0 Å². The fourth-order valence-corrected chi connectivity index (χ4v) is 2.27. The molecular formula is C15H12INO3. The number of halogens is 1. The number of benzene rings is 2. The Hall–Kier alpha value is -1.89. The lowest BCUT2D eigenvalue weighted by molar-refractivity contribution is 0.0696. The highest BCUT2D eigenvalue weighted by Crippen LogP contribution is 2.09. The lowest BCUT2D eigenvalue weighted by Crippen LogP contribution is -2.22. The third-order valence-electron chi connectivity index (χ3n) is 2.71. The summed E-state index contributed by atoms with van der Waals surface area (Å²) in [5.41, 5.74) is 1.56. The summed E-state index contributed by atoms with van der Waals surface area (Å²) in [5.74, 6) is -1.15. The quantitative estimate of drug-likeness (QED) is 0.801. The largest absolute Gasteiger partial charge is 0.478 e. The minimum atomic E-state index is -0.976. The number of nitrogens with one attached hydrogen (secondary N) is 1. The summed E-state index contributed by atoms with van der Waals surface area (Å²) in [7, 11) is 0. The van der Waals surface area contributed by atoms with Crippen molar-refractivity contribution in [1.29, 1.82) is 0 Å². The normalized spacial score (nSPS) is 10.1. The number of carboxylic acids is 1. The third-order valence-corrected chi connectivity index (χ3v) is 3.38. The van der Waals surface area contributed by atoms with Crippen molar-refractivity contribution in [2.45, 2.75) is 6.54 Å². The second-order valence-corrected chi connectivity index (χ2v) is 5.44. The van der Waals surface area contributed by atoms with Crippen LogP contribution in [0.25, 0.3) is 0 Å². The Labute approximate surface area is 130 Å². The molecule has 0 atom stereocenters. The summed E-state index contributed by atoms with van der Waals surface area (Å²) < 4.78 is 0.989. The van der Waals surface area contributed by atoms with E-state index in [9.17, 15) is 9.59 Å². The highest BCUT2D eigenvalue weighted by molar-refractivity contribution is 14.1. The van der Waals surface area contributed by atoms with Crippen molar-refractivity contribution < 1.29 is 14.7 Å². The Balaban J connectivity index is 2.03. The van der Waals surface area contributed by atoms with Gasteiger partial charge in [-0.25, -0.2) is 4.79 Å². The molecule has 0 aromatic heterocycles. The van der Waals surface area contributed by atoms with E-state index in [-0.39, 0.29) is 11.5 Å². The molecular weight excluding hydrogens is 369 g/mol. The zero-order valence-corrected chi connectivity index (χ0v) is 12.6. The predicted molar refractivity (Wildman–Crippen MR) is 83.7 cm³/mol. The first-order valence-corrected chi connectivity index (χ1v) is 7.00. The van der Waals surface area contributed by atoms with Gasteiger partial charge in [0.1, 0.15) is 0 Å². The Kier molecular flexibility index (Phi) is 4.73. The minimum absolute atomic E-state index is 0.177. The Morgan fingerprint density at radius 2 is 1.75 bits per heavy atom. The van der Waals surface area contributed by atoms with Crippen molar-refractivity contribution in [3.63, 3.8) is 0 Å². The molecule has 0 spiro atoms. The molecule has 0 aliphatic heterocycles. The maximum atomic E-state index is 12.0. The number of aromatic carboxylic acids is 1. The number of amides is 1. The molecule has 0 aliphatic rings. The van der Waals surface area contributed by atoms with E-state index in [1.807, 2.05) is 12.1 Å². The second kappa shape index (κ2) is 6.51. The molecule has 102 valence electrons. The summed E-state index contributed by atoms with van der Waals surface area (Å²) >= 11 is 2.14. The van der Waals surface area contributed by atoms with Crippen LogP contribution in [-0.2, 0) is 6.54 Å². The van der Waals surface area contributed by atoms with Gasteiger partial charge in [-0.2, -0.15) is 0 Å². The van der Waals surface area contributed by atoms with Crippen LogP contribution in [0.15, 0.2) is 48.5 Å². The van der Waals surface area contributed by atoms with Gasteiger partial charge in [0, 0.05) is 15.7 Å². The fourth-order valence-electron chi connectivity index (χ4n) is 1.73. The van der Waals surface area contributed by atoms with Gasteiger partial charge in [-0.05, 0) is 58.5 Å². The lowest BCUT2D eigenvalue weighted by Gasteiger charge is -2.06. The molecule has 0 bridgehead atoms. The minimum Gasteiger partial charge on any atom is -0.478 e. The molecule has 1 amide bonds. The second-order valence-electron chi connectivity index (χ2n) is 4.20. The van der Waals surface area contributed by atoms with Crippen LogP contribution >= 0.6 is 22.6 Å². The van der Waals surface area contributed by atoms with E-state index in [1.165, 1.54) is 6.07 Å². The summed E-state index contributed by atoms with van der Waals surface area (Å²) in [6, 6.07) is 13.8. The number of hydrogen-bond donors (Lipinski definition) is 2. The lowest BCUT2D eigenvalue weighted by atomic mass is 10.1. The van der Waals surface area contributed by atoms with Gasteiger partial charge < -0.3 is 10.4 Å². The van der Waals surface area contributed by atoms with E-state index < -0.39 is 5.97 Å². The molecule has 0 saturated carbocycles. The topological polar surface area (TPSA) is 66.4 Å². The van der Waals surface area contributed by atoms with Gasteiger partial charge in [-0.3, -0.25) is 4.79 Å². The van der Waals surface area contributed by atoms with Crippen LogP contribution in [0.1, 0.15) is 26.3 Å². The molecule has 2 N–H and O–H groups in total. The van der Waals surface area contributed by atoms with Crippen molar-refractivity contribution >= 4 is 34.5 Å². The smallest absolute Gasteiger partial charge is 0.335 e. The van der Waals surface area contributed by atoms with Crippen molar-refractivity contribution in [1.82, 2.24) is 5.32 Å². The van der Waals surface area contributed by atoms with Crippen LogP contribution in [0, 0.1) is 3.57 Å². The standard InChI is InChI=1S/C15H12INO3/c16-13-6-2-4-11(8-13)14(18)17-9-10-3-1-5-12(7-10)15(19)20/h1-8H,9H2,(H,17,18)(H,19,20). The first-order valence-electron chi connectivity index (χ1n) is 5.92. The van der Waals surface area contributed by atoms with E-state index >= 15 is 0 Å². The van der Waals surface area contributed by atoms with Crippen LogP contribution < -0.4 is 5.32 Å². The number of carbonyl (C=O) groups excluding carboxylic acids is 1. The Morgan fingerprint density at radius 3 is 2.45 bits per heavy atom. The molecule has 2 aromatic rings. The summed E-state index contributed by atoms with van der Waals surface area (Å²) in [4.78, 5) is 22.8. The van der Waals surface area contributed by atoms with Gasteiger partial charge in [0.15, 0.2) is 0 Å². The van der Waals surface area contributed by atoms with E-state index in [4.69, 9.17) is 5.11 Å². The van der Waals surface area contributed by atoms with Crippen molar-refractivity contribution in [3.05, 3.63) is 68.8 Å². The van der Waals surface area contributed by atoms with Crippen molar-refractivity contribution in [3.8, 4) is 0 Å². The summed E-state index contributed by atoms with van der Waals surface area (Å²) in [6.07, 6.45) is 0. The van der Waals surface area contributed by atoms with E-state index in [0.717, 1.165) is 9.13 Å². The first kappa shape index (κ1) is 14.5. The molecule has 5 heteroatoms. The van der Waals surface area contributed by atoms with E-state index in [2.05, 4.69) is 27.9 Å². The highest BCUT2D eigenvalue weighted by Gasteiger charge is 2.07. The highest BCUT2D eigenvalue weighted by atomic mass is 127. The third kappa shape index (κ3) is 3.80. The fraction of sp³-hybridized carbons (Fsp3) is 0.0667. The maximum Gasteiger partial charge on any atom is 0.335 e. The van der Waals surface area contributed by atoms with Crippen LogP contribution in [0.3, 0.4) is 0 Å². The van der Waals surface area contributed by atoms with Gasteiger partial charge >= 0.3 is 5.97 Å². The van der Waals surface area contributed by atoms with Gasteiger partial charge in [0.25, 0.3) is 5.91 Å². The van der Waals surface area contributed by atoms with Crippen LogP contribution in [0.5, 0.6) is 0 Å².